The number of nitrogens with zero attached hydrogens (tertiary/aromatic N) is 6. The van der Waals surface area contributed by atoms with Gasteiger partial charge in [0.1, 0.15) is 0 Å². The van der Waals surface area contributed by atoms with Crippen LogP contribution in [0.15, 0.2) is 192 Å². The number of hydrogen-bond donors (Lipinski definition) is 1. The highest BCUT2D eigenvalue weighted by atomic mass is 16.3. The molecule has 11 rings (SSSR count). The predicted octanol–water partition coefficient (Wildman–Crippen LogP) is 11.8. The Morgan fingerprint density at radius 1 is 0.333 bits per heavy atom. The molecule has 7 aromatic carbocycles. The van der Waals surface area contributed by atoms with Crippen LogP contribution >= 0.6 is 0 Å². The van der Waals surface area contributed by atoms with Gasteiger partial charge in [0.2, 0.25) is 0 Å². The Hall–Kier alpha value is -8.73. The first-order chi connectivity index (χ1) is 34.7. The fourth-order valence-corrected chi connectivity index (χ4v) is 10.5. The normalized spacial score (nSPS) is 16.6. The molecule has 1 N–H and O–H groups in total. The van der Waals surface area contributed by atoms with Gasteiger partial charge in [0.05, 0.1) is 39.5 Å². The quantitative estimate of drug-likeness (QED) is 0.146. The van der Waals surface area contributed by atoms with Crippen LogP contribution in [0, 0.1) is 27.7 Å². The van der Waals surface area contributed by atoms with E-state index in [2.05, 4.69) is 135 Å². The Bertz CT molecular complexity index is 3390. The molecule has 4 aliphatic rings. The Morgan fingerprint density at radius 3 is 0.889 bits per heavy atom. The lowest BCUT2D eigenvalue weighted by Crippen LogP contribution is -2.28. The van der Waals surface area contributed by atoms with Crippen molar-refractivity contribution in [1.82, 2.24) is 19.6 Å². The van der Waals surface area contributed by atoms with E-state index in [1.807, 2.05) is 72.8 Å². The standard InChI is InChI=1S/C62H54N6O4/c1-37-9-25-45(26-10-37)67(46-27-11-38(2)12-28-46)49-33-21-43(22-34-49)57-53-51(59(69)65(57)7)55(63(5)61(53)71)41-17-19-42(20-18-41)56-52-54(62(72)64(56)6)58(66(8)60(52)70)44-23-35-50(36-24-44)68(47-29-13-39(3)14-30-47)48-31-15-40(4)16-32-48/h9-36,59,69H,1-8H3. The molecule has 0 saturated carbocycles. The Kier molecular flexibility index (Phi) is 11.2. The van der Waals surface area contributed by atoms with Crippen molar-refractivity contribution in [1.29, 1.82) is 0 Å². The second kappa shape index (κ2) is 17.6. The average molecular weight is 947 g/mol. The van der Waals surface area contributed by atoms with Crippen LogP contribution in [0.4, 0.5) is 34.1 Å². The molecule has 7 aromatic rings. The predicted molar refractivity (Wildman–Crippen MR) is 287 cm³/mol. The fraction of sp³-hybridized carbons (Fsp3) is 0.145. The first-order valence-corrected chi connectivity index (χ1v) is 24.1. The number of rotatable bonds is 10. The molecule has 1 atom stereocenters. The number of aliphatic hydroxyl groups excluding tert-OH is 1. The minimum Gasteiger partial charge on any atom is -0.369 e. The number of hydrogen-bond acceptors (Lipinski definition) is 7. The smallest absolute Gasteiger partial charge is 0.261 e. The SMILES string of the molecule is Cc1ccc(N(c2ccc(C)cc2)c2ccc(C3=C4C(=O)N(C)C(c5ccc(C6=C7C(=C(c8ccc(N(c9ccc(C)cc9)c9ccc(C)cc9)cc8)N(C)C7O)C(=O)N6C)cc5)=C4C(=O)N3C)cc2)cc1. The number of amides is 3. The van der Waals surface area contributed by atoms with Gasteiger partial charge in [-0.25, -0.2) is 0 Å². The minimum atomic E-state index is -1.08. The number of carbonyl (C=O) groups excluding carboxylic acids is 3. The second-order valence-electron chi connectivity index (χ2n) is 19.2. The molecular weight excluding hydrogens is 893 g/mol. The number of fused-ring (bicyclic) bond motifs is 2. The van der Waals surface area contributed by atoms with Crippen molar-refractivity contribution in [2.45, 2.75) is 33.9 Å². The molecule has 3 amide bonds. The van der Waals surface area contributed by atoms with Gasteiger partial charge in [0.15, 0.2) is 6.23 Å². The molecule has 1 unspecified atom stereocenters. The molecule has 0 saturated heterocycles. The lowest BCUT2D eigenvalue weighted by Gasteiger charge is -2.27. The maximum absolute atomic E-state index is 14.3. The third-order valence-electron chi connectivity index (χ3n) is 14.4. The molecule has 0 spiro atoms. The fourth-order valence-electron chi connectivity index (χ4n) is 10.5. The van der Waals surface area contributed by atoms with E-state index in [9.17, 15) is 19.5 Å². The van der Waals surface area contributed by atoms with Gasteiger partial charge in [0, 0.05) is 67.9 Å². The number of carbonyl (C=O) groups is 3. The van der Waals surface area contributed by atoms with Gasteiger partial charge in [-0.3, -0.25) is 14.4 Å². The number of aryl methyl sites for hydroxylation is 4. The summed E-state index contributed by atoms with van der Waals surface area (Å²) in [4.78, 5) is 53.8. The summed E-state index contributed by atoms with van der Waals surface area (Å²) in [5.74, 6) is -0.747. The van der Waals surface area contributed by atoms with E-state index in [1.165, 1.54) is 22.3 Å². The molecule has 0 aromatic heterocycles. The van der Waals surface area contributed by atoms with Crippen molar-refractivity contribution in [3.05, 3.63) is 237 Å². The molecular formula is C62H54N6O4. The summed E-state index contributed by atoms with van der Waals surface area (Å²) in [5.41, 5.74) is 17.6. The topological polar surface area (TPSA) is 90.9 Å². The van der Waals surface area contributed by atoms with Crippen LogP contribution in [0.5, 0.6) is 0 Å². The average Bonchev–Trinajstić information content (AvgIpc) is 4.00. The van der Waals surface area contributed by atoms with Crippen molar-refractivity contribution >= 4 is 74.6 Å². The number of anilines is 6. The van der Waals surface area contributed by atoms with Gasteiger partial charge in [0.25, 0.3) is 17.7 Å². The third kappa shape index (κ3) is 7.41. The van der Waals surface area contributed by atoms with Crippen LogP contribution < -0.4 is 9.80 Å². The Labute approximate surface area is 420 Å². The summed E-state index contributed by atoms with van der Waals surface area (Å²) in [5, 5.41) is 11.9. The van der Waals surface area contributed by atoms with Gasteiger partial charge < -0.3 is 34.5 Å². The summed E-state index contributed by atoms with van der Waals surface area (Å²) in [7, 11) is 6.95. The van der Waals surface area contributed by atoms with Crippen LogP contribution in [0.2, 0.25) is 0 Å². The van der Waals surface area contributed by atoms with Gasteiger partial charge in [-0.2, -0.15) is 0 Å². The molecule has 0 aliphatic carbocycles. The molecule has 72 heavy (non-hydrogen) atoms. The van der Waals surface area contributed by atoms with E-state index < -0.39 is 6.23 Å². The highest BCUT2D eigenvalue weighted by Crippen LogP contribution is 2.49. The zero-order valence-electron chi connectivity index (χ0n) is 41.6. The minimum absolute atomic E-state index is 0.216. The monoisotopic (exact) mass is 946 g/mol. The van der Waals surface area contributed by atoms with Crippen LogP contribution in [0.25, 0.3) is 22.8 Å². The summed E-state index contributed by atoms with van der Waals surface area (Å²) < 4.78 is 0. The van der Waals surface area contributed by atoms with Crippen LogP contribution in [-0.2, 0) is 14.4 Å². The van der Waals surface area contributed by atoms with Crippen LogP contribution in [-0.4, -0.2) is 76.8 Å². The van der Waals surface area contributed by atoms with E-state index >= 15 is 0 Å². The van der Waals surface area contributed by atoms with Gasteiger partial charge in [-0.15, -0.1) is 0 Å². The third-order valence-corrected chi connectivity index (χ3v) is 14.4. The highest BCUT2D eigenvalue weighted by Gasteiger charge is 2.48. The van der Waals surface area contributed by atoms with Crippen molar-refractivity contribution in [2.75, 3.05) is 38.0 Å². The van der Waals surface area contributed by atoms with E-state index in [-0.39, 0.29) is 17.7 Å². The zero-order valence-corrected chi connectivity index (χ0v) is 41.6. The van der Waals surface area contributed by atoms with Crippen molar-refractivity contribution < 1.29 is 19.5 Å². The molecule has 0 bridgehead atoms. The molecule has 0 fully saturated rings. The Morgan fingerprint density at radius 2 is 0.569 bits per heavy atom. The number of aliphatic hydroxyl groups is 1. The maximum atomic E-state index is 14.3. The van der Waals surface area contributed by atoms with E-state index in [1.54, 1.807) is 47.8 Å². The van der Waals surface area contributed by atoms with Gasteiger partial charge in [-0.1, -0.05) is 119 Å². The maximum Gasteiger partial charge on any atom is 0.261 e. The summed E-state index contributed by atoms with van der Waals surface area (Å²) in [6.07, 6.45) is -1.08. The lowest BCUT2D eigenvalue weighted by molar-refractivity contribution is -0.123. The largest absolute Gasteiger partial charge is 0.369 e. The van der Waals surface area contributed by atoms with Crippen LogP contribution in [0.3, 0.4) is 0 Å². The molecule has 356 valence electrons. The van der Waals surface area contributed by atoms with Gasteiger partial charge >= 0.3 is 0 Å². The van der Waals surface area contributed by atoms with Crippen LogP contribution in [0.1, 0.15) is 44.5 Å². The zero-order chi connectivity index (χ0) is 50.3. The number of benzene rings is 7. The van der Waals surface area contributed by atoms with E-state index in [0.717, 1.165) is 45.3 Å². The molecule has 10 heteroatoms. The van der Waals surface area contributed by atoms with Crippen molar-refractivity contribution in [2.24, 2.45) is 0 Å². The summed E-state index contributed by atoms with van der Waals surface area (Å²) in [6.45, 7) is 8.29. The number of likely N-dealkylation sites (N-methyl/N-ethyl adjacent to an activating group) is 4. The van der Waals surface area contributed by atoms with Crippen molar-refractivity contribution in [3.63, 3.8) is 0 Å². The summed E-state index contributed by atoms with van der Waals surface area (Å²) >= 11 is 0. The molecule has 4 heterocycles. The Balaban J connectivity index is 0.920. The second-order valence-corrected chi connectivity index (χ2v) is 19.2. The van der Waals surface area contributed by atoms with E-state index in [0.29, 0.717) is 56.2 Å². The summed E-state index contributed by atoms with van der Waals surface area (Å²) in [6, 6.07) is 57.3. The van der Waals surface area contributed by atoms with E-state index in [4.69, 9.17) is 0 Å². The van der Waals surface area contributed by atoms with Gasteiger partial charge in [-0.05, 0) is 123 Å². The first kappa shape index (κ1) is 45.7. The van der Waals surface area contributed by atoms with Crippen molar-refractivity contribution in [3.8, 4) is 0 Å². The highest BCUT2D eigenvalue weighted by molar-refractivity contribution is 6.30. The first-order valence-electron chi connectivity index (χ1n) is 24.1. The molecule has 10 nitrogen and oxygen atoms in total. The molecule has 4 aliphatic heterocycles. The molecule has 0 radical (unpaired) electrons. The lowest BCUT2D eigenvalue weighted by atomic mass is 9.98.